The van der Waals surface area contributed by atoms with E-state index in [9.17, 15) is 4.79 Å². The van der Waals surface area contributed by atoms with Crippen molar-refractivity contribution in [3.63, 3.8) is 0 Å². The Morgan fingerprint density at radius 1 is 1.42 bits per heavy atom. The first-order valence-corrected chi connectivity index (χ1v) is 7.01. The molecule has 104 valence electrons. The molecule has 4 nitrogen and oxygen atoms in total. The van der Waals surface area contributed by atoms with Crippen molar-refractivity contribution in [1.82, 2.24) is 14.8 Å². The van der Waals surface area contributed by atoms with E-state index in [0.717, 1.165) is 38.0 Å². The predicted molar refractivity (Wildman–Crippen MR) is 75.8 cm³/mol. The standard InChI is InChI=1S/C15H23N3O/c1-17-11-8-14(9-12-17)18(2)15(19)7-6-13-5-3-4-10-16-13/h3-5,10,14H,6-9,11-12H2,1-2H3. The third kappa shape index (κ3) is 4.03. The topological polar surface area (TPSA) is 36.4 Å². The number of rotatable bonds is 4. The number of likely N-dealkylation sites (tertiary alicyclic amines) is 1. The predicted octanol–water partition coefficient (Wildman–Crippen LogP) is 1.57. The monoisotopic (exact) mass is 261 g/mol. The summed E-state index contributed by atoms with van der Waals surface area (Å²) in [4.78, 5) is 20.7. The fourth-order valence-electron chi connectivity index (χ4n) is 2.54. The van der Waals surface area contributed by atoms with Crippen molar-refractivity contribution in [1.29, 1.82) is 0 Å². The molecule has 19 heavy (non-hydrogen) atoms. The Bertz CT molecular complexity index is 399. The number of aromatic nitrogens is 1. The molecule has 1 fully saturated rings. The normalized spacial score (nSPS) is 17.4. The van der Waals surface area contributed by atoms with Gasteiger partial charge in [-0.2, -0.15) is 0 Å². The lowest BCUT2D eigenvalue weighted by Crippen LogP contribution is -2.44. The summed E-state index contributed by atoms with van der Waals surface area (Å²) >= 11 is 0. The van der Waals surface area contributed by atoms with E-state index in [-0.39, 0.29) is 5.91 Å². The second-order valence-electron chi connectivity index (χ2n) is 5.36. The zero-order chi connectivity index (χ0) is 13.7. The first-order valence-electron chi connectivity index (χ1n) is 7.01. The molecule has 1 aliphatic rings. The van der Waals surface area contributed by atoms with Gasteiger partial charge < -0.3 is 9.80 Å². The minimum atomic E-state index is 0.236. The van der Waals surface area contributed by atoms with Gasteiger partial charge in [0.05, 0.1) is 0 Å². The van der Waals surface area contributed by atoms with Gasteiger partial charge in [0.2, 0.25) is 5.91 Å². The summed E-state index contributed by atoms with van der Waals surface area (Å²) in [7, 11) is 4.08. The summed E-state index contributed by atoms with van der Waals surface area (Å²) in [5.41, 5.74) is 0.993. The fourth-order valence-corrected chi connectivity index (χ4v) is 2.54. The van der Waals surface area contributed by atoms with E-state index < -0.39 is 0 Å². The van der Waals surface area contributed by atoms with E-state index in [0.29, 0.717) is 12.5 Å². The lowest BCUT2D eigenvalue weighted by atomic mass is 10.0. The number of aryl methyl sites for hydroxylation is 1. The Morgan fingerprint density at radius 2 is 2.16 bits per heavy atom. The van der Waals surface area contributed by atoms with Crippen LogP contribution in [0.25, 0.3) is 0 Å². The molecule has 0 unspecified atom stereocenters. The molecule has 1 amide bonds. The highest BCUT2D eigenvalue weighted by molar-refractivity contribution is 5.76. The van der Waals surface area contributed by atoms with Crippen LogP contribution in [0.2, 0.25) is 0 Å². The van der Waals surface area contributed by atoms with Crippen molar-refractivity contribution in [2.24, 2.45) is 0 Å². The summed E-state index contributed by atoms with van der Waals surface area (Å²) in [6.45, 7) is 2.17. The third-order valence-corrected chi connectivity index (χ3v) is 3.95. The van der Waals surface area contributed by atoms with Crippen LogP contribution in [0.4, 0.5) is 0 Å². The molecule has 0 aromatic carbocycles. The first-order chi connectivity index (χ1) is 9.16. The van der Waals surface area contributed by atoms with Gasteiger partial charge in [-0.1, -0.05) is 6.07 Å². The van der Waals surface area contributed by atoms with Crippen molar-refractivity contribution < 1.29 is 4.79 Å². The molecular weight excluding hydrogens is 238 g/mol. The maximum Gasteiger partial charge on any atom is 0.222 e. The van der Waals surface area contributed by atoms with E-state index >= 15 is 0 Å². The molecule has 1 aromatic rings. The molecule has 0 radical (unpaired) electrons. The molecule has 0 spiro atoms. The molecule has 0 N–H and O–H groups in total. The molecular formula is C15H23N3O. The van der Waals surface area contributed by atoms with Gasteiger partial charge in [0.1, 0.15) is 0 Å². The van der Waals surface area contributed by atoms with Crippen LogP contribution in [0.15, 0.2) is 24.4 Å². The Balaban J connectivity index is 1.79. The van der Waals surface area contributed by atoms with E-state index in [2.05, 4.69) is 16.9 Å². The number of nitrogens with zero attached hydrogens (tertiary/aromatic N) is 3. The van der Waals surface area contributed by atoms with Crippen LogP contribution < -0.4 is 0 Å². The lowest BCUT2D eigenvalue weighted by molar-refractivity contribution is -0.132. The highest BCUT2D eigenvalue weighted by Gasteiger charge is 2.23. The molecule has 2 rings (SSSR count). The number of hydrogen-bond acceptors (Lipinski definition) is 3. The van der Waals surface area contributed by atoms with Gasteiger partial charge in [0, 0.05) is 31.4 Å². The van der Waals surface area contributed by atoms with E-state index in [1.807, 2.05) is 30.1 Å². The Labute approximate surface area is 115 Å². The van der Waals surface area contributed by atoms with Crippen LogP contribution in [-0.4, -0.2) is 53.9 Å². The quantitative estimate of drug-likeness (QED) is 0.825. The second kappa shape index (κ2) is 6.66. The van der Waals surface area contributed by atoms with Gasteiger partial charge in [-0.15, -0.1) is 0 Å². The molecule has 0 saturated carbocycles. The van der Waals surface area contributed by atoms with Crippen molar-refractivity contribution in [3.05, 3.63) is 30.1 Å². The van der Waals surface area contributed by atoms with Gasteiger partial charge in [0.25, 0.3) is 0 Å². The van der Waals surface area contributed by atoms with Crippen molar-refractivity contribution in [3.8, 4) is 0 Å². The number of pyridine rings is 1. The van der Waals surface area contributed by atoms with E-state index in [1.54, 1.807) is 6.20 Å². The molecule has 0 aliphatic carbocycles. The minimum Gasteiger partial charge on any atom is -0.343 e. The summed E-state index contributed by atoms with van der Waals surface area (Å²) in [5, 5.41) is 0. The average molecular weight is 261 g/mol. The Kier molecular flexibility index (Phi) is 4.91. The van der Waals surface area contributed by atoms with Crippen LogP contribution in [-0.2, 0) is 11.2 Å². The summed E-state index contributed by atoms with van der Waals surface area (Å²) in [6.07, 6.45) is 5.24. The van der Waals surface area contributed by atoms with Crippen LogP contribution in [0.1, 0.15) is 25.0 Å². The second-order valence-corrected chi connectivity index (χ2v) is 5.36. The van der Waals surface area contributed by atoms with Gasteiger partial charge in [0.15, 0.2) is 0 Å². The summed E-state index contributed by atoms with van der Waals surface area (Å²) < 4.78 is 0. The van der Waals surface area contributed by atoms with Crippen molar-refractivity contribution in [2.75, 3.05) is 27.2 Å². The number of carbonyl (C=O) groups is 1. The van der Waals surface area contributed by atoms with Crippen molar-refractivity contribution >= 4 is 5.91 Å². The van der Waals surface area contributed by atoms with E-state index in [1.165, 1.54) is 0 Å². The first kappa shape index (κ1) is 14.0. The van der Waals surface area contributed by atoms with Crippen LogP contribution in [0.5, 0.6) is 0 Å². The molecule has 0 atom stereocenters. The van der Waals surface area contributed by atoms with Gasteiger partial charge in [-0.05, 0) is 51.5 Å². The number of carbonyl (C=O) groups excluding carboxylic acids is 1. The summed E-state index contributed by atoms with van der Waals surface area (Å²) in [5.74, 6) is 0.236. The molecule has 1 saturated heterocycles. The number of amides is 1. The zero-order valence-electron chi connectivity index (χ0n) is 11.9. The van der Waals surface area contributed by atoms with Crippen molar-refractivity contribution in [2.45, 2.75) is 31.7 Å². The van der Waals surface area contributed by atoms with Gasteiger partial charge >= 0.3 is 0 Å². The Morgan fingerprint density at radius 3 is 2.79 bits per heavy atom. The van der Waals surface area contributed by atoms with E-state index in [4.69, 9.17) is 0 Å². The highest BCUT2D eigenvalue weighted by atomic mass is 16.2. The largest absolute Gasteiger partial charge is 0.343 e. The van der Waals surface area contributed by atoms with Crippen LogP contribution >= 0.6 is 0 Å². The molecule has 1 aromatic heterocycles. The van der Waals surface area contributed by atoms with Crippen LogP contribution in [0, 0.1) is 0 Å². The maximum atomic E-state index is 12.2. The maximum absolute atomic E-state index is 12.2. The smallest absolute Gasteiger partial charge is 0.222 e. The van der Waals surface area contributed by atoms with Gasteiger partial charge in [-0.25, -0.2) is 0 Å². The average Bonchev–Trinajstić information content (AvgIpc) is 2.46. The fraction of sp³-hybridized carbons (Fsp3) is 0.600. The van der Waals surface area contributed by atoms with Gasteiger partial charge in [-0.3, -0.25) is 9.78 Å². The molecule has 1 aliphatic heterocycles. The van der Waals surface area contributed by atoms with Crippen LogP contribution in [0.3, 0.4) is 0 Å². The number of hydrogen-bond donors (Lipinski definition) is 0. The lowest BCUT2D eigenvalue weighted by Gasteiger charge is -2.35. The zero-order valence-corrected chi connectivity index (χ0v) is 11.9. The SMILES string of the molecule is CN1CCC(N(C)C(=O)CCc2ccccn2)CC1. The Hall–Kier alpha value is -1.42. The third-order valence-electron chi connectivity index (χ3n) is 3.95. The highest BCUT2D eigenvalue weighted by Crippen LogP contribution is 2.15. The molecule has 4 heteroatoms. The number of piperidine rings is 1. The molecule has 2 heterocycles. The summed E-state index contributed by atoms with van der Waals surface area (Å²) in [6, 6.07) is 6.25. The molecule has 0 bridgehead atoms. The minimum absolute atomic E-state index is 0.236.